The number of anilines is 1. The number of aromatic amines is 1. The Morgan fingerprint density at radius 1 is 1.08 bits per heavy atom. The van der Waals surface area contributed by atoms with Crippen LogP contribution >= 0.6 is 0 Å². The summed E-state index contributed by atoms with van der Waals surface area (Å²) in [5.41, 5.74) is 10.1. The van der Waals surface area contributed by atoms with Crippen molar-refractivity contribution in [2.75, 3.05) is 5.73 Å². The van der Waals surface area contributed by atoms with Gasteiger partial charge in [-0.25, -0.2) is 15.0 Å². The standard InChI is InChI=1S/C15H24.C5H5N5/c1-13-7-5-8-14(2)10-12-15(3,4)11-6-9-13;6-4-3-5(9-1-7-3)10-2-8-4/h6-7,10-11H,5,8-9,12H2,1-4H3;1-2H,(H3,6,7,8,9,10). The fraction of sp³-hybridized carbons (Fsp3) is 0.450. The largest absolute Gasteiger partial charge is 0.382 e. The van der Waals surface area contributed by atoms with Crippen molar-refractivity contribution in [2.24, 2.45) is 5.41 Å². The highest BCUT2D eigenvalue weighted by Crippen LogP contribution is 2.25. The molecule has 25 heavy (non-hydrogen) atoms. The lowest BCUT2D eigenvalue weighted by Crippen LogP contribution is -2.05. The Morgan fingerprint density at radius 2 is 1.88 bits per heavy atom. The molecule has 1 aliphatic carbocycles. The van der Waals surface area contributed by atoms with Crippen LogP contribution in [0.15, 0.2) is 48.1 Å². The molecule has 0 radical (unpaired) electrons. The molecule has 0 saturated heterocycles. The van der Waals surface area contributed by atoms with E-state index in [0.29, 0.717) is 22.4 Å². The second kappa shape index (κ2) is 8.60. The smallest absolute Gasteiger partial charge is 0.182 e. The number of allylic oxidation sites excluding steroid dienone is 6. The zero-order chi connectivity index (χ0) is 18.3. The molecule has 3 rings (SSSR count). The maximum absolute atomic E-state index is 5.48. The van der Waals surface area contributed by atoms with Crippen LogP contribution < -0.4 is 5.73 Å². The van der Waals surface area contributed by atoms with E-state index in [2.05, 4.69) is 71.9 Å². The summed E-state index contributed by atoms with van der Waals surface area (Å²) < 4.78 is 0. The van der Waals surface area contributed by atoms with Gasteiger partial charge in [-0.1, -0.05) is 49.3 Å². The highest BCUT2D eigenvalue weighted by molar-refractivity contribution is 5.80. The molecule has 2 aromatic rings. The molecular formula is C20H29N5. The van der Waals surface area contributed by atoms with Crippen molar-refractivity contribution in [2.45, 2.75) is 53.4 Å². The van der Waals surface area contributed by atoms with Crippen LogP contribution in [-0.2, 0) is 0 Å². The summed E-state index contributed by atoms with van der Waals surface area (Å²) in [5, 5.41) is 0. The number of H-pyrrole nitrogens is 1. The van der Waals surface area contributed by atoms with Crippen LogP contribution in [0.4, 0.5) is 5.82 Å². The highest BCUT2D eigenvalue weighted by Gasteiger charge is 2.11. The van der Waals surface area contributed by atoms with E-state index < -0.39 is 0 Å². The molecule has 0 atom stereocenters. The fourth-order valence-electron chi connectivity index (χ4n) is 2.58. The molecule has 0 saturated carbocycles. The maximum Gasteiger partial charge on any atom is 0.182 e. The number of nitrogen functional groups attached to an aromatic ring is 1. The first kappa shape index (κ1) is 18.9. The van der Waals surface area contributed by atoms with Gasteiger partial charge in [-0.15, -0.1) is 0 Å². The molecule has 0 fully saturated rings. The summed E-state index contributed by atoms with van der Waals surface area (Å²) in [7, 11) is 0. The summed E-state index contributed by atoms with van der Waals surface area (Å²) >= 11 is 0. The number of imidazole rings is 1. The third-order valence-electron chi connectivity index (χ3n) is 4.27. The summed E-state index contributed by atoms with van der Waals surface area (Å²) in [5.74, 6) is 0.433. The molecular weight excluding hydrogens is 310 g/mol. The van der Waals surface area contributed by atoms with E-state index in [0.717, 1.165) is 12.8 Å². The Morgan fingerprint density at radius 3 is 2.64 bits per heavy atom. The SMILES string of the molecule is CC1=CCCC(C)=CCC(C)(C)C=CC1.Nc1ncnc2nc[nH]c12. The van der Waals surface area contributed by atoms with Gasteiger partial charge in [0.05, 0.1) is 6.33 Å². The Kier molecular flexibility index (Phi) is 6.51. The Labute approximate surface area is 150 Å². The molecule has 1 aliphatic rings. The topological polar surface area (TPSA) is 80.5 Å². The van der Waals surface area contributed by atoms with Crippen molar-refractivity contribution in [3.63, 3.8) is 0 Å². The summed E-state index contributed by atoms with van der Waals surface area (Å²) in [6, 6.07) is 0. The van der Waals surface area contributed by atoms with Crippen molar-refractivity contribution >= 4 is 17.0 Å². The van der Waals surface area contributed by atoms with Crippen LogP contribution in [-0.4, -0.2) is 19.9 Å². The summed E-state index contributed by atoms with van der Waals surface area (Å²) in [4.78, 5) is 14.4. The van der Waals surface area contributed by atoms with Gasteiger partial charge < -0.3 is 10.7 Å². The Balaban J connectivity index is 0.000000194. The predicted octanol–water partition coefficient (Wildman–Crippen LogP) is 4.97. The molecule has 134 valence electrons. The second-order valence-corrected chi connectivity index (χ2v) is 7.30. The molecule has 2 heterocycles. The normalized spacial score (nSPS) is 17.8. The van der Waals surface area contributed by atoms with Gasteiger partial charge in [0.25, 0.3) is 0 Å². The number of hydrogen-bond acceptors (Lipinski definition) is 4. The second-order valence-electron chi connectivity index (χ2n) is 7.30. The van der Waals surface area contributed by atoms with Gasteiger partial charge in [-0.05, 0) is 44.9 Å². The van der Waals surface area contributed by atoms with Crippen LogP contribution in [0.25, 0.3) is 11.2 Å². The Bertz CT molecular complexity index is 780. The van der Waals surface area contributed by atoms with Crippen LogP contribution in [0.2, 0.25) is 0 Å². The number of nitrogens with zero attached hydrogens (tertiary/aromatic N) is 3. The third kappa shape index (κ3) is 6.18. The first-order valence-corrected chi connectivity index (χ1v) is 8.76. The van der Waals surface area contributed by atoms with Crippen molar-refractivity contribution in [3.05, 3.63) is 48.1 Å². The van der Waals surface area contributed by atoms with Gasteiger partial charge in [0.15, 0.2) is 11.5 Å². The zero-order valence-electron chi connectivity index (χ0n) is 15.7. The molecule has 0 spiro atoms. The Hall–Kier alpha value is -2.43. The predicted molar refractivity (Wildman–Crippen MR) is 105 cm³/mol. The van der Waals surface area contributed by atoms with E-state index in [1.165, 1.54) is 36.6 Å². The lowest BCUT2D eigenvalue weighted by atomic mass is 9.87. The van der Waals surface area contributed by atoms with E-state index in [-0.39, 0.29) is 0 Å². The van der Waals surface area contributed by atoms with Crippen LogP contribution in [0.3, 0.4) is 0 Å². The van der Waals surface area contributed by atoms with Gasteiger partial charge >= 0.3 is 0 Å². The van der Waals surface area contributed by atoms with E-state index in [1.54, 1.807) is 0 Å². The first-order valence-electron chi connectivity index (χ1n) is 8.76. The quantitative estimate of drug-likeness (QED) is 0.664. The minimum Gasteiger partial charge on any atom is -0.382 e. The van der Waals surface area contributed by atoms with E-state index in [1.807, 2.05) is 0 Å². The van der Waals surface area contributed by atoms with Crippen molar-refractivity contribution in [1.82, 2.24) is 19.9 Å². The van der Waals surface area contributed by atoms with Crippen molar-refractivity contribution < 1.29 is 0 Å². The molecule has 0 unspecified atom stereocenters. The van der Waals surface area contributed by atoms with Crippen molar-refractivity contribution in [1.29, 1.82) is 0 Å². The number of nitrogens with one attached hydrogen (secondary N) is 1. The highest BCUT2D eigenvalue weighted by atomic mass is 15.0. The molecule has 0 bridgehead atoms. The average Bonchev–Trinajstić information content (AvgIpc) is 3.02. The molecule has 0 amide bonds. The van der Waals surface area contributed by atoms with Gasteiger partial charge in [0.2, 0.25) is 0 Å². The molecule has 0 aromatic carbocycles. The van der Waals surface area contributed by atoms with E-state index >= 15 is 0 Å². The lowest BCUT2D eigenvalue weighted by Gasteiger charge is -2.18. The number of fused-ring (bicyclic) bond motifs is 1. The molecule has 5 heteroatoms. The van der Waals surface area contributed by atoms with Gasteiger partial charge in [0, 0.05) is 0 Å². The van der Waals surface area contributed by atoms with Crippen LogP contribution in [0, 0.1) is 5.41 Å². The number of hydrogen-bond donors (Lipinski definition) is 2. The van der Waals surface area contributed by atoms with E-state index in [9.17, 15) is 0 Å². The molecule has 3 N–H and O–H groups in total. The van der Waals surface area contributed by atoms with Crippen molar-refractivity contribution in [3.8, 4) is 0 Å². The van der Waals surface area contributed by atoms with Gasteiger partial charge in [0.1, 0.15) is 11.8 Å². The molecule has 5 nitrogen and oxygen atoms in total. The molecule has 0 aliphatic heterocycles. The zero-order valence-corrected chi connectivity index (χ0v) is 15.7. The fourth-order valence-corrected chi connectivity index (χ4v) is 2.58. The number of rotatable bonds is 0. The third-order valence-corrected chi connectivity index (χ3v) is 4.27. The van der Waals surface area contributed by atoms with Gasteiger partial charge in [-0.3, -0.25) is 0 Å². The summed E-state index contributed by atoms with van der Waals surface area (Å²) in [6.45, 7) is 9.10. The minimum absolute atomic E-state index is 0.311. The minimum atomic E-state index is 0.311. The average molecular weight is 339 g/mol. The molecule has 2 aromatic heterocycles. The van der Waals surface area contributed by atoms with Crippen LogP contribution in [0.5, 0.6) is 0 Å². The summed E-state index contributed by atoms with van der Waals surface area (Å²) in [6.07, 6.45) is 17.1. The first-order chi connectivity index (χ1) is 11.9. The monoisotopic (exact) mass is 339 g/mol. The van der Waals surface area contributed by atoms with E-state index in [4.69, 9.17) is 5.73 Å². The van der Waals surface area contributed by atoms with Gasteiger partial charge in [-0.2, -0.15) is 0 Å². The van der Waals surface area contributed by atoms with Crippen LogP contribution in [0.1, 0.15) is 53.4 Å². The lowest BCUT2D eigenvalue weighted by molar-refractivity contribution is 0.486. The number of nitrogens with two attached hydrogens (primary N) is 1. The maximum atomic E-state index is 5.48. The number of aromatic nitrogens is 4.